The number of carbonyl (C=O) groups excluding carboxylic acids is 1. The number of likely N-dealkylation sites (tertiary alicyclic amines) is 1. The molecular weight excluding hydrogens is 1680 g/mol. The van der Waals surface area contributed by atoms with Gasteiger partial charge in [-0.3, -0.25) is 22.3 Å². The second-order valence-corrected chi connectivity index (χ2v) is 42.4. The van der Waals surface area contributed by atoms with E-state index in [4.69, 9.17) is 14.2 Å². The molecule has 3 saturated heterocycles. The standard InChI is InChI=1S/C31H47F3N6O2S.C29H41F3N6O3S.C27H39F3N6O2S/c1-21-17-25(28(42-6)19-27(21)39-13-15-40(16-14-39)30(2,3)4)37-29-35-20-23(31(32,33)34)24(36-29)18-22-11-9-10-12-26(22)38(5)43(7,8)41;1-37-14-12-19(13-15-37)27(39)34-21-10-11-23(26(17-21)41-3)35-28-33-18-22(29(30,31)32)24(36-28)16-20-8-6-7-9-25(20)38(2)42(4,5)40;1-6-18-14-22(25(38-3)16-24(18)36-12-10-31-11-13-36)34-26-32-17-20(27(28,29)30)21(33-26)15-19-8-7-9-23(19)35(2)39(4,5)37/h17,19-20,22,26H,7,9-16,18H2,1-6,8H3,(H,35,36,37);10-11,17-20,25H,4,6-9,12-16H2,1-3,5H3,(H,34,39)(H,33,35,36);14,16-17,19,23,31H,4,6-13,15H2,1-3,5H3,(H,32,33,34)/t22-,26+,43?;20-,25+,42?;19-,23+,39?/m000/s1. The molecule has 25 nitrogen and oxygen atoms in total. The fraction of sp³-hybridized carbons (Fsp3) is 0.609. The van der Waals surface area contributed by atoms with E-state index in [1.807, 2.05) is 38.2 Å². The van der Waals surface area contributed by atoms with Gasteiger partial charge in [0.1, 0.15) is 17.2 Å². The van der Waals surface area contributed by atoms with Gasteiger partial charge < -0.3 is 55.5 Å². The van der Waals surface area contributed by atoms with E-state index in [9.17, 15) is 56.9 Å². The minimum absolute atomic E-state index is 0.00317. The fourth-order valence-electron chi connectivity index (χ4n) is 17.8. The highest BCUT2D eigenvalue weighted by atomic mass is 32.2. The molecule has 9 atom stereocenters. The van der Waals surface area contributed by atoms with Crippen LogP contribution in [0.2, 0.25) is 0 Å². The summed E-state index contributed by atoms with van der Waals surface area (Å²) >= 11 is 0. The molecule has 3 aromatic carbocycles. The summed E-state index contributed by atoms with van der Waals surface area (Å²) in [6, 6.07) is 12.4. The van der Waals surface area contributed by atoms with Crippen molar-refractivity contribution in [3.05, 3.63) is 106 Å². The largest absolute Gasteiger partial charge is 0.494 e. The molecule has 3 aliphatic heterocycles. The molecule has 0 bridgehead atoms. The zero-order valence-corrected chi connectivity index (χ0v) is 76.8. The number of carbonyl (C=O) groups is 1. The lowest BCUT2D eigenvalue weighted by Gasteiger charge is -2.43. The van der Waals surface area contributed by atoms with Gasteiger partial charge in [-0.2, -0.15) is 39.5 Å². The first-order chi connectivity index (χ1) is 58.2. The molecule has 6 fully saturated rings. The molecule has 12 rings (SSSR count). The molecule has 37 heteroatoms. The molecular formula is C87H127F9N18O7S3. The van der Waals surface area contributed by atoms with Crippen LogP contribution >= 0.6 is 0 Å². The van der Waals surface area contributed by atoms with Crippen LogP contribution in [0, 0.1) is 30.6 Å². The maximum Gasteiger partial charge on any atom is 0.419 e. The highest BCUT2D eigenvalue weighted by molar-refractivity contribution is 7.98. The van der Waals surface area contributed by atoms with Crippen LogP contribution in [0.15, 0.2) is 61.1 Å². The van der Waals surface area contributed by atoms with Crippen molar-refractivity contribution in [2.24, 2.45) is 23.7 Å². The summed E-state index contributed by atoms with van der Waals surface area (Å²) in [4.78, 5) is 47.2. The normalized spacial score (nSPS) is 21.9. The summed E-state index contributed by atoms with van der Waals surface area (Å²) in [6.45, 7) is 19.7. The Morgan fingerprint density at radius 2 is 0.895 bits per heavy atom. The number of benzene rings is 3. The van der Waals surface area contributed by atoms with Crippen LogP contribution in [-0.2, 0) is 78.1 Å². The summed E-state index contributed by atoms with van der Waals surface area (Å²) in [5, 5.41) is 15.5. The number of aromatic nitrogens is 6. The predicted octanol–water partition coefficient (Wildman–Crippen LogP) is 14.7. The maximum absolute atomic E-state index is 14.1. The van der Waals surface area contributed by atoms with Crippen molar-refractivity contribution in [3.8, 4) is 17.2 Å². The number of hydrogen-bond donors (Lipinski definition) is 5. The Morgan fingerprint density at radius 1 is 0.516 bits per heavy atom. The highest BCUT2D eigenvalue weighted by Gasteiger charge is 2.43. The number of alkyl halides is 9. The third-order valence-corrected chi connectivity index (χ3v) is 29.6. The Bertz CT molecular complexity index is 4980. The Balaban J connectivity index is 0.000000195. The van der Waals surface area contributed by atoms with E-state index in [0.29, 0.717) is 46.4 Å². The van der Waals surface area contributed by atoms with Crippen LogP contribution < -0.4 is 50.6 Å². The molecule has 3 aromatic heterocycles. The first kappa shape index (κ1) is 98.1. The third-order valence-electron chi connectivity index (χ3n) is 25.1. The number of hydrogen-bond acceptors (Lipinski definition) is 21. The number of piperidine rings is 1. The molecule has 6 heterocycles. The Kier molecular flexibility index (Phi) is 32.7. The summed E-state index contributed by atoms with van der Waals surface area (Å²) in [5.41, 5.74) is 3.75. The smallest absolute Gasteiger partial charge is 0.419 e. The van der Waals surface area contributed by atoms with Gasteiger partial charge in [-0.25, -0.2) is 42.8 Å². The lowest BCUT2D eigenvalue weighted by molar-refractivity contribution is -0.139. The number of methoxy groups -OCH3 is 3. The third kappa shape index (κ3) is 25.7. The van der Waals surface area contributed by atoms with Crippen molar-refractivity contribution in [1.82, 2.24) is 57.9 Å². The number of ether oxygens (including phenoxy) is 3. The number of anilines is 9. The molecule has 3 saturated carbocycles. The van der Waals surface area contributed by atoms with E-state index in [1.54, 1.807) is 85.2 Å². The average molecular weight is 1800 g/mol. The number of halogens is 9. The van der Waals surface area contributed by atoms with Crippen LogP contribution in [0.25, 0.3) is 0 Å². The minimum atomic E-state index is -4.63. The number of aryl methyl sites for hydroxylation is 2. The van der Waals surface area contributed by atoms with Gasteiger partial charge in [-0.05, 0) is 217 Å². The van der Waals surface area contributed by atoms with E-state index >= 15 is 0 Å². The zero-order valence-electron chi connectivity index (χ0n) is 74.3. The lowest BCUT2D eigenvalue weighted by atomic mass is 9.81. The van der Waals surface area contributed by atoms with Crippen LogP contribution in [0.1, 0.15) is 156 Å². The molecule has 3 aliphatic carbocycles. The van der Waals surface area contributed by atoms with Gasteiger partial charge in [0.25, 0.3) is 0 Å². The first-order valence-corrected chi connectivity index (χ1v) is 48.7. The second-order valence-electron chi connectivity index (χ2n) is 34.9. The number of piperazine rings is 2. The van der Waals surface area contributed by atoms with Gasteiger partial charge in [-0.1, -0.05) is 39.0 Å². The van der Waals surface area contributed by atoms with Crippen molar-refractivity contribution in [2.75, 3.05) is 165 Å². The van der Waals surface area contributed by atoms with Gasteiger partial charge in [0.2, 0.25) is 23.8 Å². The summed E-state index contributed by atoms with van der Waals surface area (Å²) < 4.78 is 186. The molecule has 6 aliphatic rings. The number of nitrogens with one attached hydrogen (secondary N) is 5. The second kappa shape index (κ2) is 41.4. The number of nitrogens with zero attached hydrogens (tertiary/aromatic N) is 13. The van der Waals surface area contributed by atoms with Crippen molar-refractivity contribution in [1.29, 1.82) is 0 Å². The average Bonchev–Trinajstić information content (AvgIpc) is 1.12. The molecule has 0 radical (unpaired) electrons. The molecule has 3 unspecified atom stereocenters. The van der Waals surface area contributed by atoms with Crippen LogP contribution in [0.5, 0.6) is 17.2 Å². The monoisotopic (exact) mass is 1800 g/mol. The lowest BCUT2D eigenvalue weighted by Crippen LogP contribution is -2.53. The van der Waals surface area contributed by atoms with E-state index in [1.165, 1.54) is 7.11 Å². The van der Waals surface area contributed by atoms with Crippen molar-refractivity contribution >= 4 is 105 Å². The van der Waals surface area contributed by atoms with E-state index in [0.717, 1.165) is 190 Å². The number of rotatable bonds is 26. The van der Waals surface area contributed by atoms with Crippen molar-refractivity contribution in [2.45, 2.75) is 186 Å². The summed E-state index contributed by atoms with van der Waals surface area (Å²) in [6.07, 6.45) is 4.91. The van der Waals surface area contributed by atoms with Gasteiger partial charge in [0.05, 0.1) is 72.2 Å². The van der Waals surface area contributed by atoms with Crippen molar-refractivity contribution < 1.29 is 71.1 Å². The van der Waals surface area contributed by atoms with Gasteiger partial charge in [-0.15, -0.1) is 0 Å². The summed E-state index contributed by atoms with van der Waals surface area (Å²) in [7, 11) is 4.35. The molecule has 124 heavy (non-hydrogen) atoms. The maximum atomic E-state index is 14.1. The minimum Gasteiger partial charge on any atom is -0.494 e. The van der Waals surface area contributed by atoms with E-state index in [2.05, 4.69) is 121 Å². The number of amides is 1. The van der Waals surface area contributed by atoms with Crippen LogP contribution in [-0.4, -0.2) is 246 Å². The molecule has 688 valence electrons. The van der Waals surface area contributed by atoms with Crippen molar-refractivity contribution in [3.63, 3.8) is 0 Å². The first-order valence-electron chi connectivity index (χ1n) is 42.5. The molecule has 0 spiro atoms. The molecule has 5 N–H and O–H groups in total. The van der Waals surface area contributed by atoms with E-state index < -0.39 is 64.3 Å². The summed E-state index contributed by atoms with van der Waals surface area (Å²) in [5.74, 6) is 12.4. The quantitative estimate of drug-likeness (QED) is 0.0250. The van der Waals surface area contributed by atoms with Gasteiger partial charge in [0, 0.05) is 184 Å². The molecule has 6 aromatic rings. The topological polar surface area (TPSA) is 256 Å². The van der Waals surface area contributed by atoms with Crippen LogP contribution in [0.3, 0.4) is 0 Å². The van der Waals surface area contributed by atoms with Gasteiger partial charge in [0.15, 0.2) is 0 Å². The zero-order chi connectivity index (χ0) is 90.8. The SMILES string of the molecule is C=S(C)(=O)N(C)[C@@H]1CCCC[C@H]1Cc1nc(Nc2cc(C)c(N3CCN(C(C)(C)C)CC3)cc2OC)ncc1C(F)(F)F.C=S(C)(=O)N(C)[C@@H]1CCCC[C@H]1Cc1nc(Nc2ccc(NC(=O)C3CCN(C)CC3)cc2OC)ncc1C(F)(F)F.C=S(C)(=O)N(C)[C@@H]1CCC[C@H]1Cc1nc(Nc2cc(CC)c(N3CCNCC3)cc2OC)ncc1C(F)(F)F. The Morgan fingerprint density at radius 3 is 1.30 bits per heavy atom. The predicted molar refractivity (Wildman–Crippen MR) is 482 cm³/mol. The Hall–Kier alpha value is -8.04. The van der Waals surface area contributed by atoms with Crippen LogP contribution in [0.4, 0.5) is 91.5 Å². The van der Waals surface area contributed by atoms with Gasteiger partial charge >= 0.3 is 18.5 Å². The fourth-order valence-corrected chi connectivity index (χ4v) is 20.3. The Labute approximate surface area is 727 Å². The highest BCUT2D eigenvalue weighted by Crippen LogP contribution is 2.44. The van der Waals surface area contributed by atoms with E-state index in [-0.39, 0.29) is 107 Å². The molecule has 1 amide bonds.